The Labute approximate surface area is 133 Å². The van der Waals surface area contributed by atoms with Gasteiger partial charge in [-0.2, -0.15) is 0 Å². The van der Waals surface area contributed by atoms with Crippen molar-refractivity contribution in [2.45, 2.75) is 0 Å². The van der Waals surface area contributed by atoms with Crippen LogP contribution in [0.3, 0.4) is 0 Å². The van der Waals surface area contributed by atoms with E-state index in [9.17, 15) is 9.90 Å². The third-order valence-corrected chi connectivity index (χ3v) is 3.81. The number of carbonyl (C=O) groups excluding carboxylic acids is 1. The smallest absolute Gasteiger partial charge is 0.259 e. The Kier molecular flexibility index (Phi) is 4.67. The molecule has 0 spiro atoms. The number of phenols is 1. The molecule has 0 fully saturated rings. The highest BCUT2D eigenvalue weighted by atomic mass is 79.9. The number of hydrogen-bond acceptors (Lipinski definition) is 3. The average Bonchev–Trinajstić information content (AvgIpc) is 2.41. The maximum absolute atomic E-state index is 12.1. The van der Waals surface area contributed by atoms with E-state index >= 15 is 0 Å². The number of nitrogens with one attached hydrogen (secondary N) is 1. The van der Waals surface area contributed by atoms with Crippen molar-refractivity contribution in [3.05, 3.63) is 50.9 Å². The second kappa shape index (κ2) is 6.28. The van der Waals surface area contributed by atoms with Gasteiger partial charge in [0.2, 0.25) is 0 Å². The Hall–Kier alpha value is -1.53. The fourth-order valence-corrected chi connectivity index (χ4v) is 2.31. The zero-order valence-corrected chi connectivity index (χ0v) is 13.7. The van der Waals surface area contributed by atoms with Crippen molar-refractivity contribution in [3.63, 3.8) is 0 Å². The number of rotatable bonds is 3. The summed E-state index contributed by atoms with van der Waals surface area (Å²) < 4.78 is 6.54. The first-order valence-corrected chi connectivity index (χ1v) is 7.23. The minimum atomic E-state index is -0.399. The predicted octanol–water partition coefficient (Wildman–Crippen LogP) is 4.18. The molecule has 0 heterocycles. The van der Waals surface area contributed by atoms with Gasteiger partial charge >= 0.3 is 0 Å². The highest BCUT2D eigenvalue weighted by molar-refractivity contribution is 9.10. The molecular weight excluding hydrogens is 390 g/mol. The first kappa shape index (κ1) is 14.9. The standard InChI is InChI=1S/C14H11Br2NO3/c1-20-9-3-5-11(16)12(7-9)17-14(19)10-4-2-8(15)6-13(10)18/h2-7,18H,1H3,(H,17,19). The van der Waals surface area contributed by atoms with Crippen LogP contribution in [-0.2, 0) is 0 Å². The van der Waals surface area contributed by atoms with Crippen molar-refractivity contribution in [2.24, 2.45) is 0 Å². The van der Waals surface area contributed by atoms with Crippen LogP contribution in [0.5, 0.6) is 11.5 Å². The summed E-state index contributed by atoms with van der Waals surface area (Å²) in [5.41, 5.74) is 0.764. The lowest BCUT2D eigenvalue weighted by atomic mass is 10.2. The van der Waals surface area contributed by atoms with Crippen LogP contribution in [0.2, 0.25) is 0 Å². The molecule has 2 aromatic rings. The zero-order valence-electron chi connectivity index (χ0n) is 10.5. The van der Waals surface area contributed by atoms with Gasteiger partial charge in [-0.05, 0) is 46.3 Å². The Morgan fingerprint density at radius 2 is 1.95 bits per heavy atom. The summed E-state index contributed by atoms with van der Waals surface area (Å²) >= 11 is 6.58. The third-order valence-electron chi connectivity index (χ3n) is 2.63. The van der Waals surface area contributed by atoms with Gasteiger partial charge < -0.3 is 15.2 Å². The second-order valence-corrected chi connectivity index (χ2v) is 5.73. The first-order valence-electron chi connectivity index (χ1n) is 5.64. The van der Waals surface area contributed by atoms with Crippen LogP contribution in [0, 0.1) is 0 Å². The largest absolute Gasteiger partial charge is 0.507 e. The number of ether oxygens (including phenoxy) is 1. The first-order chi connectivity index (χ1) is 9.51. The predicted molar refractivity (Wildman–Crippen MR) is 84.5 cm³/mol. The van der Waals surface area contributed by atoms with Crippen LogP contribution in [-0.4, -0.2) is 18.1 Å². The second-order valence-electron chi connectivity index (χ2n) is 3.96. The van der Waals surface area contributed by atoms with Gasteiger partial charge in [0.25, 0.3) is 5.91 Å². The van der Waals surface area contributed by atoms with E-state index in [0.717, 1.165) is 4.47 Å². The van der Waals surface area contributed by atoms with E-state index in [1.165, 1.54) is 6.07 Å². The number of hydrogen-bond donors (Lipinski definition) is 2. The molecule has 0 atom stereocenters. The van der Waals surface area contributed by atoms with E-state index in [2.05, 4.69) is 37.2 Å². The normalized spacial score (nSPS) is 10.2. The number of halogens is 2. The molecule has 4 nitrogen and oxygen atoms in total. The average molecular weight is 401 g/mol. The lowest BCUT2D eigenvalue weighted by Crippen LogP contribution is -2.12. The van der Waals surface area contributed by atoms with Gasteiger partial charge in [0, 0.05) is 15.0 Å². The van der Waals surface area contributed by atoms with Crippen LogP contribution >= 0.6 is 31.9 Å². The summed E-state index contributed by atoms with van der Waals surface area (Å²) in [6, 6.07) is 9.94. The molecule has 2 rings (SSSR count). The molecule has 0 saturated carbocycles. The van der Waals surface area contributed by atoms with Crippen LogP contribution < -0.4 is 10.1 Å². The maximum Gasteiger partial charge on any atom is 0.259 e. The molecule has 0 aliphatic heterocycles. The number of phenolic OH excluding ortho intramolecular Hbond substituents is 1. The summed E-state index contributed by atoms with van der Waals surface area (Å²) in [6.07, 6.45) is 0. The van der Waals surface area contributed by atoms with Crippen LogP contribution in [0.15, 0.2) is 45.3 Å². The number of amides is 1. The lowest BCUT2D eigenvalue weighted by Gasteiger charge is -2.10. The van der Waals surface area contributed by atoms with Crippen LogP contribution in [0.4, 0.5) is 5.69 Å². The maximum atomic E-state index is 12.1. The molecule has 1 amide bonds. The minimum absolute atomic E-state index is 0.0871. The Bertz CT molecular complexity index is 659. The molecule has 104 valence electrons. The van der Waals surface area contributed by atoms with Gasteiger partial charge in [-0.3, -0.25) is 4.79 Å². The number of carbonyl (C=O) groups is 1. The zero-order chi connectivity index (χ0) is 14.7. The van der Waals surface area contributed by atoms with Gasteiger partial charge in [0.1, 0.15) is 11.5 Å². The van der Waals surface area contributed by atoms with Crippen molar-refractivity contribution in [1.82, 2.24) is 0 Å². The molecular formula is C14H11Br2NO3. The van der Waals surface area contributed by atoms with E-state index in [0.29, 0.717) is 15.9 Å². The summed E-state index contributed by atoms with van der Waals surface area (Å²) in [5.74, 6) is 0.142. The van der Waals surface area contributed by atoms with E-state index < -0.39 is 5.91 Å². The molecule has 6 heteroatoms. The number of methoxy groups -OCH3 is 1. The van der Waals surface area contributed by atoms with Crippen molar-refractivity contribution >= 4 is 43.5 Å². The lowest BCUT2D eigenvalue weighted by molar-refractivity contribution is 0.102. The number of anilines is 1. The molecule has 2 aromatic carbocycles. The molecule has 0 aliphatic rings. The third kappa shape index (κ3) is 3.32. The Balaban J connectivity index is 2.27. The van der Waals surface area contributed by atoms with E-state index in [1.807, 2.05) is 0 Å². The highest BCUT2D eigenvalue weighted by Crippen LogP contribution is 2.29. The summed E-state index contributed by atoms with van der Waals surface area (Å²) in [4.78, 5) is 12.1. The van der Waals surface area contributed by atoms with Crippen molar-refractivity contribution in [2.75, 3.05) is 12.4 Å². The van der Waals surface area contributed by atoms with Gasteiger partial charge in [-0.25, -0.2) is 0 Å². The van der Waals surface area contributed by atoms with Crippen LogP contribution in [0.1, 0.15) is 10.4 Å². The summed E-state index contributed by atoms with van der Waals surface area (Å²) in [6.45, 7) is 0. The van der Waals surface area contributed by atoms with Gasteiger partial charge in [0.05, 0.1) is 18.4 Å². The molecule has 2 N–H and O–H groups in total. The van der Waals surface area contributed by atoms with Gasteiger partial charge in [-0.1, -0.05) is 15.9 Å². The SMILES string of the molecule is COc1ccc(Br)c(NC(=O)c2ccc(Br)cc2O)c1. The van der Waals surface area contributed by atoms with Gasteiger partial charge in [-0.15, -0.1) is 0 Å². The highest BCUT2D eigenvalue weighted by Gasteiger charge is 2.13. The number of benzene rings is 2. The van der Waals surface area contributed by atoms with Crippen LogP contribution in [0.25, 0.3) is 0 Å². The van der Waals surface area contributed by atoms with Gasteiger partial charge in [0.15, 0.2) is 0 Å². The minimum Gasteiger partial charge on any atom is -0.507 e. The molecule has 0 aromatic heterocycles. The molecule has 0 saturated heterocycles. The fraction of sp³-hybridized carbons (Fsp3) is 0.0714. The topological polar surface area (TPSA) is 58.6 Å². The molecule has 0 radical (unpaired) electrons. The van der Waals surface area contributed by atoms with E-state index in [4.69, 9.17) is 4.74 Å². The van der Waals surface area contributed by atoms with E-state index in [-0.39, 0.29) is 11.3 Å². The fourth-order valence-electron chi connectivity index (χ4n) is 1.61. The molecule has 20 heavy (non-hydrogen) atoms. The quantitative estimate of drug-likeness (QED) is 0.812. The molecule has 0 bridgehead atoms. The van der Waals surface area contributed by atoms with Crippen molar-refractivity contribution < 1.29 is 14.6 Å². The van der Waals surface area contributed by atoms with E-state index in [1.54, 1.807) is 37.4 Å². The monoisotopic (exact) mass is 399 g/mol. The van der Waals surface area contributed by atoms with Crippen molar-refractivity contribution in [3.8, 4) is 11.5 Å². The molecule has 0 aliphatic carbocycles. The number of aromatic hydroxyl groups is 1. The summed E-state index contributed by atoms with van der Waals surface area (Å²) in [5, 5.41) is 12.5. The Morgan fingerprint density at radius 3 is 2.60 bits per heavy atom. The summed E-state index contributed by atoms with van der Waals surface area (Å²) in [7, 11) is 1.55. The van der Waals surface area contributed by atoms with Crippen molar-refractivity contribution in [1.29, 1.82) is 0 Å². The molecule has 0 unspecified atom stereocenters. The Morgan fingerprint density at radius 1 is 1.20 bits per heavy atom.